The number of carbonyl (C=O) groups is 1. The molecule has 100 valence electrons. The number of rotatable bonds is 2. The number of halogens is 2. The van der Waals surface area contributed by atoms with Crippen LogP contribution < -0.4 is 11.1 Å². The van der Waals surface area contributed by atoms with Crippen molar-refractivity contribution in [2.24, 2.45) is 0 Å². The molecule has 0 atom stereocenters. The first kappa shape index (κ1) is 14.1. The number of amides is 1. The Morgan fingerprint density at radius 1 is 1.26 bits per heavy atom. The summed E-state index contributed by atoms with van der Waals surface area (Å²) in [5.74, 6) is 1.04. The van der Waals surface area contributed by atoms with Gasteiger partial charge in [-0.25, -0.2) is 0 Å². The predicted octanol–water partition coefficient (Wildman–Crippen LogP) is 4.26. The number of benzene rings is 1. The molecular weight excluding hydrogens is 376 g/mol. The molecule has 0 bridgehead atoms. The second kappa shape index (κ2) is 5.38. The summed E-state index contributed by atoms with van der Waals surface area (Å²) in [6.45, 7) is 3.55. The highest BCUT2D eigenvalue weighted by Crippen LogP contribution is 2.33. The molecule has 0 fully saturated rings. The van der Waals surface area contributed by atoms with Gasteiger partial charge in [-0.05, 0) is 48.0 Å². The lowest BCUT2D eigenvalue weighted by Gasteiger charge is -2.10. The maximum absolute atomic E-state index is 12.2. The monoisotopic (exact) mass is 386 g/mol. The third-order valence-corrected chi connectivity index (χ3v) is 3.69. The summed E-state index contributed by atoms with van der Waals surface area (Å²) in [7, 11) is 0. The third-order valence-electron chi connectivity index (χ3n) is 2.61. The zero-order valence-electron chi connectivity index (χ0n) is 10.4. The van der Waals surface area contributed by atoms with Crippen LogP contribution in [0.1, 0.15) is 21.9 Å². The SMILES string of the molecule is Cc1cc(C(=O)Nc2c(N)cc(Br)cc2Br)c(C)o1. The van der Waals surface area contributed by atoms with Gasteiger partial charge in [-0.15, -0.1) is 0 Å². The average molecular weight is 388 g/mol. The van der Waals surface area contributed by atoms with Crippen LogP contribution in [-0.4, -0.2) is 5.91 Å². The summed E-state index contributed by atoms with van der Waals surface area (Å²) in [6, 6.07) is 5.25. The summed E-state index contributed by atoms with van der Waals surface area (Å²) in [5.41, 5.74) is 7.43. The molecule has 1 heterocycles. The van der Waals surface area contributed by atoms with Crippen LogP contribution in [0.4, 0.5) is 11.4 Å². The first-order chi connectivity index (χ1) is 8.88. The Morgan fingerprint density at radius 3 is 2.47 bits per heavy atom. The molecular formula is C13H12Br2N2O2. The number of anilines is 2. The standard InChI is InChI=1S/C13H12Br2N2O2/c1-6-3-9(7(2)19-6)13(18)17-12-10(15)4-8(14)5-11(12)16/h3-5H,16H2,1-2H3,(H,17,18). The lowest BCUT2D eigenvalue weighted by Crippen LogP contribution is -2.14. The van der Waals surface area contributed by atoms with Crippen LogP contribution in [-0.2, 0) is 0 Å². The van der Waals surface area contributed by atoms with Gasteiger partial charge in [0, 0.05) is 8.95 Å². The van der Waals surface area contributed by atoms with E-state index in [-0.39, 0.29) is 5.91 Å². The maximum Gasteiger partial charge on any atom is 0.259 e. The molecule has 19 heavy (non-hydrogen) atoms. The van der Waals surface area contributed by atoms with Gasteiger partial charge in [0.15, 0.2) is 0 Å². The normalized spacial score (nSPS) is 10.5. The summed E-state index contributed by atoms with van der Waals surface area (Å²) in [4.78, 5) is 12.2. The van der Waals surface area contributed by atoms with Crippen LogP contribution in [0.3, 0.4) is 0 Å². The second-order valence-electron chi connectivity index (χ2n) is 4.13. The zero-order chi connectivity index (χ0) is 14.2. The number of hydrogen-bond donors (Lipinski definition) is 2. The smallest absolute Gasteiger partial charge is 0.259 e. The van der Waals surface area contributed by atoms with Crippen molar-refractivity contribution in [1.82, 2.24) is 0 Å². The quantitative estimate of drug-likeness (QED) is 0.756. The Balaban J connectivity index is 2.32. The number of furan rings is 1. The van der Waals surface area contributed by atoms with E-state index in [1.165, 1.54) is 0 Å². The van der Waals surface area contributed by atoms with Crippen molar-refractivity contribution >= 4 is 49.1 Å². The van der Waals surface area contributed by atoms with Crippen molar-refractivity contribution in [2.45, 2.75) is 13.8 Å². The van der Waals surface area contributed by atoms with Gasteiger partial charge in [0.05, 0.1) is 16.9 Å². The number of nitrogen functional groups attached to an aromatic ring is 1. The number of nitrogens with one attached hydrogen (secondary N) is 1. The van der Waals surface area contributed by atoms with Crippen LogP contribution in [0, 0.1) is 13.8 Å². The third kappa shape index (κ3) is 3.01. The Bertz CT molecular complexity index is 627. The highest BCUT2D eigenvalue weighted by molar-refractivity contribution is 9.11. The summed E-state index contributed by atoms with van der Waals surface area (Å²) >= 11 is 6.71. The van der Waals surface area contributed by atoms with Crippen LogP contribution in [0.2, 0.25) is 0 Å². The van der Waals surface area contributed by atoms with E-state index < -0.39 is 0 Å². The highest BCUT2D eigenvalue weighted by atomic mass is 79.9. The molecule has 0 radical (unpaired) electrons. The van der Waals surface area contributed by atoms with Crippen molar-refractivity contribution < 1.29 is 9.21 Å². The Labute approximate surface area is 127 Å². The molecule has 1 aromatic heterocycles. The molecule has 3 N–H and O–H groups in total. The minimum Gasteiger partial charge on any atom is -0.466 e. The summed E-state index contributed by atoms with van der Waals surface area (Å²) in [5, 5.41) is 2.78. The molecule has 0 aliphatic carbocycles. The summed E-state index contributed by atoms with van der Waals surface area (Å²) < 4.78 is 6.89. The topological polar surface area (TPSA) is 68.3 Å². The fourth-order valence-corrected chi connectivity index (χ4v) is 3.12. The fraction of sp³-hybridized carbons (Fsp3) is 0.154. The molecule has 0 saturated heterocycles. The second-order valence-corrected chi connectivity index (χ2v) is 5.90. The lowest BCUT2D eigenvalue weighted by atomic mass is 10.2. The van der Waals surface area contributed by atoms with E-state index in [1.54, 1.807) is 26.0 Å². The lowest BCUT2D eigenvalue weighted by molar-refractivity contribution is 0.102. The first-order valence-corrected chi connectivity index (χ1v) is 7.10. The molecule has 2 rings (SSSR count). The van der Waals surface area contributed by atoms with Gasteiger partial charge in [0.1, 0.15) is 11.5 Å². The number of nitrogens with two attached hydrogens (primary N) is 1. The largest absolute Gasteiger partial charge is 0.466 e. The van der Waals surface area contributed by atoms with E-state index >= 15 is 0 Å². The van der Waals surface area contributed by atoms with Crippen molar-refractivity contribution in [3.05, 3.63) is 44.2 Å². The van der Waals surface area contributed by atoms with Crippen molar-refractivity contribution in [2.75, 3.05) is 11.1 Å². The summed E-state index contributed by atoms with van der Waals surface area (Å²) in [6.07, 6.45) is 0. The Hall–Kier alpha value is -1.27. The molecule has 1 amide bonds. The van der Waals surface area contributed by atoms with E-state index in [0.29, 0.717) is 32.9 Å². The van der Waals surface area contributed by atoms with Gasteiger partial charge in [-0.2, -0.15) is 0 Å². The van der Waals surface area contributed by atoms with Crippen LogP contribution in [0.25, 0.3) is 0 Å². The van der Waals surface area contributed by atoms with Crippen molar-refractivity contribution in [3.63, 3.8) is 0 Å². The van der Waals surface area contributed by atoms with Crippen molar-refractivity contribution in [1.29, 1.82) is 0 Å². The van der Waals surface area contributed by atoms with Gasteiger partial charge in [0.2, 0.25) is 0 Å². The van der Waals surface area contributed by atoms with Gasteiger partial charge in [0.25, 0.3) is 5.91 Å². The van der Waals surface area contributed by atoms with Crippen LogP contribution in [0.5, 0.6) is 0 Å². The molecule has 0 spiro atoms. The average Bonchev–Trinajstić information content (AvgIpc) is 2.62. The highest BCUT2D eigenvalue weighted by Gasteiger charge is 2.16. The van der Waals surface area contributed by atoms with Crippen LogP contribution in [0.15, 0.2) is 31.6 Å². The molecule has 0 unspecified atom stereocenters. The van der Waals surface area contributed by atoms with Crippen molar-refractivity contribution in [3.8, 4) is 0 Å². The molecule has 4 nitrogen and oxygen atoms in total. The Kier molecular flexibility index (Phi) is 4.01. The molecule has 1 aromatic carbocycles. The molecule has 2 aromatic rings. The van der Waals surface area contributed by atoms with E-state index in [4.69, 9.17) is 10.2 Å². The molecule has 6 heteroatoms. The number of aryl methyl sites for hydroxylation is 2. The van der Waals surface area contributed by atoms with Gasteiger partial charge in [-0.3, -0.25) is 4.79 Å². The maximum atomic E-state index is 12.2. The van der Waals surface area contributed by atoms with E-state index in [1.807, 2.05) is 6.07 Å². The number of hydrogen-bond acceptors (Lipinski definition) is 3. The van der Waals surface area contributed by atoms with E-state index in [2.05, 4.69) is 37.2 Å². The molecule has 0 aliphatic rings. The predicted molar refractivity (Wildman–Crippen MR) is 82.4 cm³/mol. The van der Waals surface area contributed by atoms with Gasteiger partial charge >= 0.3 is 0 Å². The number of carbonyl (C=O) groups excluding carboxylic acids is 1. The minimum absolute atomic E-state index is 0.246. The first-order valence-electron chi connectivity index (χ1n) is 5.51. The van der Waals surface area contributed by atoms with Gasteiger partial charge < -0.3 is 15.5 Å². The molecule has 0 saturated carbocycles. The zero-order valence-corrected chi connectivity index (χ0v) is 13.6. The minimum atomic E-state index is -0.246. The molecule has 0 aliphatic heterocycles. The fourth-order valence-electron chi connectivity index (χ4n) is 1.76. The van der Waals surface area contributed by atoms with E-state index in [0.717, 1.165) is 4.47 Å². The van der Waals surface area contributed by atoms with Crippen LogP contribution >= 0.6 is 31.9 Å². The van der Waals surface area contributed by atoms with E-state index in [9.17, 15) is 4.79 Å². The van der Waals surface area contributed by atoms with Gasteiger partial charge in [-0.1, -0.05) is 15.9 Å². The Morgan fingerprint density at radius 2 is 1.95 bits per heavy atom.